The first-order valence-corrected chi connectivity index (χ1v) is 5.52. The number of carbonyl (C=O) groups is 2. The van der Waals surface area contributed by atoms with Crippen LogP contribution in [0.15, 0.2) is 35.9 Å². The second kappa shape index (κ2) is 4.38. The van der Waals surface area contributed by atoms with Crippen LogP contribution in [0.3, 0.4) is 0 Å². The maximum Gasteiger partial charge on any atom is 0.308 e. The molecule has 2 N–H and O–H groups in total. The number of benzene rings is 1. The molecule has 0 bridgehead atoms. The molecule has 1 aliphatic rings. The summed E-state index contributed by atoms with van der Waals surface area (Å²) in [5.74, 6) is -2.25. The summed E-state index contributed by atoms with van der Waals surface area (Å²) in [7, 11) is 0. The Morgan fingerprint density at radius 2 is 1.95 bits per heavy atom. The van der Waals surface area contributed by atoms with Crippen LogP contribution in [0, 0.1) is 5.82 Å². The van der Waals surface area contributed by atoms with Crippen molar-refractivity contribution in [2.75, 3.05) is 0 Å². The monoisotopic (exact) mass is 265 g/mol. The Kier molecular flexibility index (Phi) is 3.01. The summed E-state index contributed by atoms with van der Waals surface area (Å²) in [6.45, 7) is 2.63. The summed E-state index contributed by atoms with van der Waals surface area (Å²) in [5.41, 5.74) is 4.55. The highest BCUT2D eigenvalue weighted by molar-refractivity contribution is 6.04. The molecule has 0 spiro atoms. The van der Waals surface area contributed by atoms with Gasteiger partial charge in [0.25, 0.3) is 5.78 Å². The van der Waals surface area contributed by atoms with Gasteiger partial charge in [0, 0.05) is 12.5 Å². The zero-order valence-electron chi connectivity index (χ0n) is 10.4. The Balaban J connectivity index is 2.36. The summed E-state index contributed by atoms with van der Waals surface area (Å²) >= 11 is 0. The first-order chi connectivity index (χ1) is 8.84. The van der Waals surface area contributed by atoms with E-state index in [4.69, 9.17) is 15.2 Å². The Hall–Kier alpha value is -2.37. The molecule has 1 unspecified atom stereocenters. The Bertz CT molecular complexity index is 579. The number of carbonyl (C=O) groups excluding carboxylic acids is 2. The molecule has 1 aliphatic heterocycles. The maximum absolute atomic E-state index is 12.9. The summed E-state index contributed by atoms with van der Waals surface area (Å²) in [6, 6.07) is 5.24. The zero-order valence-corrected chi connectivity index (χ0v) is 10.4. The number of ketones is 1. The van der Waals surface area contributed by atoms with Crippen molar-refractivity contribution in [3.8, 4) is 0 Å². The van der Waals surface area contributed by atoms with E-state index in [0.717, 1.165) is 6.92 Å². The maximum atomic E-state index is 12.9. The molecule has 19 heavy (non-hydrogen) atoms. The van der Waals surface area contributed by atoms with Crippen LogP contribution >= 0.6 is 0 Å². The van der Waals surface area contributed by atoms with Gasteiger partial charge in [-0.05, 0) is 19.1 Å². The van der Waals surface area contributed by atoms with Crippen LogP contribution in [0.4, 0.5) is 4.39 Å². The lowest BCUT2D eigenvalue weighted by molar-refractivity contribution is -0.142. The number of esters is 1. The van der Waals surface area contributed by atoms with Crippen molar-refractivity contribution in [1.82, 2.24) is 0 Å². The fourth-order valence-corrected chi connectivity index (χ4v) is 1.84. The molecule has 0 fully saturated rings. The second-order valence-corrected chi connectivity index (χ2v) is 4.26. The number of ether oxygens (including phenoxy) is 2. The van der Waals surface area contributed by atoms with Crippen molar-refractivity contribution < 1.29 is 23.5 Å². The highest BCUT2D eigenvalue weighted by Crippen LogP contribution is 2.37. The molecule has 0 amide bonds. The van der Waals surface area contributed by atoms with E-state index in [2.05, 4.69) is 0 Å². The fourth-order valence-electron chi connectivity index (χ4n) is 1.84. The van der Waals surface area contributed by atoms with Gasteiger partial charge in [-0.3, -0.25) is 9.59 Å². The number of halogens is 1. The van der Waals surface area contributed by atoms with Gasteiger partial charge in [-0.25, -0.2) is 4.39 Å². The molecule has 6 heteroatoms. The zero-order chi connectivity index (χ0) is 14.2. The lowest BCUT2D eigenvalue weighted by Crippen LogP contribution is -2.31. The predicted octanol–water partition coefficient (Wildman–Crippen LogP) is 1.33. The summed E-state index contributed by atoms with van der Waals surface area (Å²) in [4.78, 5) is 23.1. The van der Waals surface area contributed by atoms with E-state index in [0.29, 0.717) is 5.56 Å². The van der Waals surface area contributed by atoms with Crippen LogP contribution in [0.2, 0.25) is 0 Å². The minimum absolute atomic E-state index is 0.257. The van der Waals surface area contributed by atoms with Crippen molar-refractivity contribution in [2.24, 2.45) is 5.73 Å². The normalized spacial score (nSPS) is 22.4. The Morgan fingerprint density at radius 1 is 1.37 bits per heavy atom. The highest BCUT2D eigenvalue weighted by atomic mass is 19.1. The molecule has 0 saturated heterocycles. The third kappa shape index (κ3) is 2.16. The highest BCUT2D eigenvalue weighted by Gasteiger charge is 2.48. The van der Waals surface area contributed by atoms with Gasteiger partial charge in [-0.2, -0.15) is 0 Å². The lowest BCUT2D eigenvalue weighted by Gasteiger charge is -2.22. The van der Waals surface area contributed by atoms with E-state index < -0.39 is 23.2 Å². The molecule has 5 nitrogen and oxygen atoms in total. The van der Waals surface area contributed by atoms with Gasteiger partial charge in [0.05, 0.1) is 0 Å². The van der Waals surface area contributed by atoms with Crippen molar-refractivity contribution >= 4 is 11.8 Å². The van der Waals surface area contributed by atoms with Crippen LogP contribution in [0.1, 0.15) is 19.4 Å². The van der Waals surface area contributed by atoms with Crippen molar-refractivity contribution in [1.29, 1.82) is 0 Å². The number of Topliss-reactive ketones (excluding diaryl/α,β-unsaturated/α-hetero) is 1. The van der Waals surface area contributed by atoms with Gasteiger partial charge in [0.15, 0.2) is 5.60 Å². The standard InChI is InChI=1S/C13H12FNO4/c1-7(16)18-10-11(17)13(2,19-12(10)15)8-3-5-9(14)6-4-8/h3-6H,15H2,1-2H3. The van der Waals surface area contributed by atoms with Crippen LogP contribution in [-0.2, 0) is 24.7 Å². The van der Waals surface area contributed by atoms with Crippen molar-refractivity contribution in [3.05, 3.63) is 47.3 Å². The van der Waals surface area contributed by atoms with Gasteiger partial charge < -0.3 is 15.2 Å². The van der Waals surface area contributed by atoms with Gasteiger partial charge in [0.2, 0.25) is 11.6 Å². The Labute approximate surface area is 108 Å². The molecule has 1 heterocycles. The molecule has 0 aliphatic carbocycles. The fraction of sp³-hybridized carbons (Fsp3) is 0.231. The van der Waals surface area contributed by atoms with Crippen LogP contribution in [-0.4, -0.2) is 11.8 Å². The minimum atomic E-state index is -1.41. The molecule has 0 saturated carbocycles. The van der Waals surface area contributed by atoms with Crippen molar-refractivity contribution in [2.45, 2.75) is 19.4 Å². The molecular weight excluding hydrogens is 253 g/mol. The predicted molar refractivity (Wildman–Crippen MR) is 62.8 cm³/mol. The van der Waals surface area contributed by atoms with E-state index >= 15 is 0 Å². The molecule has 100 valence electrons. The third-order valence-corrected chi connectivity index (χ3v) is 2.82. The van der Waals surface area contributed by atoms with Gasteiger partial charge >= 0.3 is 5.97 Å². The lowest BCUT2D eigenvalue weighted by atomic mass is 9.91. The number of nitrogens with two attached hydrogens (primary N) is 1. The van der Waals surface area contributed by atoms with Gasteiger partial charge in [0.1, 0.15) is 5.82 Å². The van der Waals surface area contributed by atoms with Crippen LogP contribution in [0.25, 0.3) is 0 Å². The average molecular weight is 265 g/mol. The van der Waals surface area contributed by atoms with Crippen LogP contribution < -0.4 is 5.73 Å². The van der Waals surface area contributed by atoms with E-state index in [9.17, 15) is 14.0 Å². The van der Waals surface area contributed by atoms with E-state index in [-0.39, 0.29) is 11.6 Å². The molecule has 0 aromatic heterocycles. The second-order valence-electron chi connectivity index (χ2n) is 4.26. The van der Waals surface area contributed by atoms with E-state index in [1.807, 2.05) is 0 Å². The topological polar surface area (TPSA) is 78.6 Å². The summed E-state index contributed by atoms with van der Waals surface area (Å²) < 4.78 is 22.9. The van der Waals surface area contributed by atoms with Crippen LogP contribution in [0.5, 0.6) is 0 Å². The molecule has 1 aromatic rings. The Morgan fingerprint density at radius 3 is 2.47 bits per heavy atom. The molecular formula is C13H12FNO4. The smallest absolute Gasteiger partial charge is 0.308 e. The quantitative estimate of drug-likeness (QED) is 0.816. The summed E-state index contributed by atoms with van der Waals surface area (Å²) in [6.07, 6.45) is 0. The van der Waals surface area contributed by atoms with E-state index in [1.165, 1.54) is 31.2 Å². The molecule has 1 aromatic carbocycles. The number of rotatable bonds is 2. The van der Waals surface area contributed by atoms with Gasteiger partial charge in [-0.15, -0.1) is 0 Å². The largest absolute Gasteiger partial charge is 0.457 e. The SMILES string of the molecule is CC(=O)OC1=C(N)OC(C)(c2ccc(F)cc2)C1=O. The first kappa shape index (κ1) is 13.1. The molecule has 1 atom stereocenters. The molecule has 2 rings (SSSR count). The average Bonchev–Trinajstić information content (AvgIpc) is 2.54. The minimum Gasteiger partial charge on any atom is -0.457 e. The van der Waals surface area contributed by atoms with Gasteiger partial charge in [-0.1, -0.05) is 12.1 Å². The van der Waals surface area contributed by atoms with E-state index in [1.54, 1.807) is 0 Å². The molecule has 0 radical (unpaired) electrons. The number of hydrogen-bond donors (Lipinski definition) is 1. The summed E-state index contributed by atoms with van der Waals surface area (Å²) in [5, 5.41) is 0. The third-order valence-electron chi connectivity index (χ3n) is 2.82. The number of hydrogen-bond acceptors (Lipinski definition) is 5. The first-order valence-electron chi connectivity index (χ1n) is 5.52. The van der Waals surface area contributed by atoms with Crippen molar-refractivity contribution in [3.63, 3.8) is 0 Å².